The molecule has 0 aromatic heterocycles. The summed E-state index contributed by atoms with van der Waals surface area (Å²) < 4.78 is 12.9. The number of benzene rings is 1. The molecule has 76 valence electrons. The van der Waals surface area contributed by atoms with E-state index in [4.69, 9.17) is 5.11 Å². The summed E-state index contributed by atoms with van der Waals surface area (Å²) in [4.78, 5) is 10.9. The van der Waals surface area contributed by atoms with Crippen molar-refractivity contribution in [2.24, 2.45) is 0 Å². The van der Waals surface area contributed by atoms with Crippen molar-refractivity contribution >= 4 is 5.97 Å². The largest absolute Gasteiger partial charge is 0.481 e. The Balaban J connectivity index is 3.21. The molecule has 0 amide bonds. The van der Waals surface area contributed by atoms with Gasteiger partial charge in [0.1, 0.15) is 5.82 Å². The zero-order valence-corrected chi connectivity index (χ0v) is 8.47. The van der Waals surface area contributed by atoms with Gasteiger partial charge in [0.05, 0.1) is 5.41 Å². The van der Waals surface area contributed by atoms with Gasteiger partial charge in [0, 0.05) is 0 Å². The first-order chi connectivity index (χ1) is 6.35. The molecule has 1 aromatic rings. The average molecular weight is 196 g/mol. The second-order valence-electron chi connectivity index (χ2n) is 3.89. The Morgan fingerprint density at radius 3 is 2.43 bits per heavy atom. The summed E-state index contributed by atoms with van der Waals surface area (Å²) in [6.07, 6.45) is 0. The Labute approximate surface area is 82.4 Å². The predicted octanol–water partition coefficient (Wildman–Crippen LogP) is 2.50. The highest BCUT2D eigenvalue weighted by Gasteiger charge is 2.29. The molecule has 0 heterocycles. The van der Waals surface area contributed by atoms with E-state index in [-0.39, 0.29) is 5.82 Å². The fourth-order valence-electron chi connectivity index (χ4n) is 1.16. The molecule has 0 bridgehead atoms. The quantitative estimate of drug-likeness (QED) is 0.789. The van der Waals surface area contributed by atoms with E-state index in [1.165, 1.54) is 12.1 Å². The molecule has 3 heteroatoms. The van der Waals surface area contributed by atoms with E-state index in [2.05, 4.69) is 0 Å². The Hall–Kier alpha value is -1.38. The molecule has 0 saturated heterocycles. The highest BCUT2D eigenvalue weighted by Crippen LogP contribution is 2.24. The molecule has 0 aliphatic heterocycles. The lowest BCUT2D eigenvalue weighted by Crippen LogP contribution is -2.28. The number of halogens is 1. The van der Waals surface area contributed by atoms with Gasteiger partial charge in [-0.05, 0) is 38.0 Å². The maximum absolute atomic E-state index is 12.9. The van der Waals surface area contributed by atoms with Crippen LogP contribution in [0.2, 0.25) is 0 Å². The molecule has 1 aromatic carbocycles. The van der Waals surface area contributed by atoms with Crippen LogP contribution in [0.5, 0.6) is 0 Å². The topological polar surface area (TPSA) is 37.3 Å². The number of carboxylic acid groups (broad SMARTS) is 1. The maximum Gasteiger partial charge on any atom is 0.313 e. The van der Waals surface area contributed by atoms with Crippen LogP contribution in [0.15, 0.2) is 18.2 Å². The van der Waals surface area contributed by atoms with Crippen LogP contribution in [0.25, 0.3) is 0 Å². The second-order valence-corrected chi connectivity index (χ2v) is 3.89. The van der Waals surface area contributed by atoms with Gasteiger partial charge >= 0.3 is 5.97 Å². The summed E-state index contributed by atoms with van der Waals surface area (Å²) in [5.74, 6) is -1.22. The van der Waals surface area contributed by atoms with Crippen LogP contribution in [0.3, 0.4) is 0 Å². The van der Waals surface area contributed by atoms with Crippen molar-refractivity contribution in [2.75, 3.05) is 0 Å². The van der Waals surface area contributed by atoms with Crippen LogP contribution in [0.1, 0.15) is 25.0 Å². The predicted molar refractivity (Wildman–Crippen MR) is 51.8 cm³/mol. The standard InChI is InChI=1S/C11H13FO2/c1-7-6-8(4-5-9(7)12)11(2,3)10(13)14/h4-6H,1-3H3,(H,13,14). The minimum absolute atomic E-state index is 0.310. The van der Waals surface area contributed by atoms with Gasteiger partial charge < -0.3 is 5.11 Å². The second kappa shape index (κ2) is 3.40. The number of rotatable bonds is 2. The molecule has 1 N–H and O–H groups in total. The zero-order chi connectivity index (χ0) is 10.9. The molecule has 0 spiro atoms. The van der Waals surface area contributed by atoms with E-state index in [0.717, 1.165) is 0 Å². The van der Waals surface area contributed by atoms with E-state index >= 15 is 0 Å². The lowest BCUT2D eigenvalue weighted by molar-refractivity contribution is -0.142. The van der Waals surface area contributed by atoms with Crippen molar-refractivity contribution in [3.05, 3.63) is 35.1 Å². The Kier molecular flexibility index (Phi) is 2.60. The summed E-state index contributed by atoms with van der Waals surface area (Å²) in [6.45, 7) is 4.82. The van der Waals surface area contributed by atoms with E-state index in [1.54, 1.807) is 26.8 Å². The van der Waals surface area contributed by atoms with Crippen LogP contribution in [0.4, 0.5) is 4.39 Å². The van der Waals surface area contributed by atoms with Gasteiger partial charge in [-0.1, -0.05) is 12.1 Å². The van der Waals surface area contributed by atoms with Gasteiger partial charge in [-0.3, -0.25) is 4.79 Å². The number of carboxylic acids is 1. The summed E-state index contributed by atoms with van der Waals surface area (Å²) in [5.41, 5.74) is 0.110. The monoisotopic (exact) mass is 196 g/mol. The SMILES string of the molecule is Cc1cc(C(C)(C)C(=O)O)ccc1F. The van der Waals surface area contributed by atoms with Gasteiger partial charge in [0.2, 0.25) is 0 Å². The van der Waals surface area contributed by atoms with Gasteiger partial charge in [-0.2, -0.15) is 0 Å². The maximum atomic E-state index is 12.9. The zero-order valence-electron chi connectivity index (χ0n) is 8.47. The van der Waals surface area contributed by atoms with Crippen molar-refractivity contribution in [1.29, 1.82) is 0 Å². The molecule has 0 fully saturated rings. The third kappa shape index (κ3) is 1.76. The number of hydrogen-bond acceptors (Lipinski definition) is 1. The van der Waals surface area contributed by atoms with Crippen molar-refractivity contribution in [1.82, 2.24) is 0 Å². The molecule has 2 nitrogen and oxygen atoms in total. The van der Waals surface area contributed by atoms with Crippen LogP contribution >= 0.6 is 0 Å². The van der Waals surface area contributed by atoms with Gasteiger partial charge in [0.15, 0.2) is 0 Å². The van der Waals surface area contributed by atoms with Crippen molar-refractivity contribution in [3.63, 3.8) is 0 Å². The summed E-state index contributed by atoms with van der Waals surface area (Å²) >= 11 is 0. The fourth-order valence-corrected chi connectivity index (χ4v) is 1.16. The third-order valence-corrected chi connectivity index (χ3v) is 2.41. The first kappa shape index (κ1) is 10.7. The van der Waals surface area contributed by atoms with Crippen LogP contribution in [-0.4, -0.2) is 11.1 Å². The van der Waals surface area contributed by atoms with Crippen molar-refractivity contribution in [2.45, 2.75) is 26.2 Å². The Morgan fingerprint density at radius 1 is 1.43 bits per heavy atom. The molecule has 0 atom stereocenters. The smallest absolute Gasteiger partial charge is 0.313 e. The van der Waals surface area contributed by atoms with E-state index < -0.39 is 11.4 Å². The van der Waals surface area contributed by atoms with Crippen molar-refractivity contribution < 1.29 is 14.3 Å². The lowest BCUT2D eigenvalue weighted by Gasteiger charge is -2.20. The first-order valence-electron chi connectivity index (χ1n) is 4.35. The number of hydrogen-bond donors (Lipinski definition) is 1. The van der Waals surface area contributed by atoms with Gasteiger partial charge in [-0.25, -0.2) is 4.39 Å². The minimum atomic E-state index is -0.974. The summed E-state index contributed by atoms with van der Waals surface area (Å²) in [6, 6.07) is 4.38. The van der Waals surface area contributed by atoms with Crippen LogP contribution < -0.4 is 0 Å². The van der Waals surface area contributed by atoms with Gasteiger partial charge in [-0.15, -0.1) is 0 Å². The lowest BCUT2D eigenvalue weighted by atomic mass is 9.84. The van der Waals surface area contributed by atoms with Crippen molar-refractivity contribution in [3.8, 4) is 0 Å². The minimum Gasteiger partial charge on any atom is -0.481 e. The van der Waals surface area contributed by atoms with Crippen LogP contribution in [-0.2, 0) is 10.2 Å². The van der Waals surface area contributed by atoms with E-state index in [1.807, 2.05) is 0 Å². The molecule has 0 unspecified atom stereocenters. The normalized spacial score (nSPS) is 11.4. The summed E-state index contributed by atoms with van der Waals surface area (Å²) in [5, 5.41) is 8.96. The average Bonchev–Trinajstić information content (AvgIpc) is 2.09. The van der Waals surface area contributed by atoms with E-state index in [0.29, 0.717) is 11.1 Å². The number of aryl methyl sites for hydroxylation is 1. The molecule has 14 heavy (non-hydrogen) atoms. The highest BCUT2D eigenvalue weighted by molar-refractivity contribution is 5.80. The molecule has 0 saturated carbocycles. The number of aliphatic carboxylic acids is 1. The molecular weight excluding hydrogens is 183 g/mol. The number of carbonyl (C=O) groups is 1. The van der Waals surface area contributed by atoms with Crippen LogP contribution in [0, 0.1) is 12.7 Å². The summed E-state index contributed by atoms with van der Waals surface area (Å²) in [7, 11) is 0. The molecule has 0 radical (unpaired) electrons. The highest BCUT2D eigenvalue weighted by atomic mass is 19.1. The Bertz CT molecular complexity index is 370. The fraction of sp³-hybridized carbons (Fsp3) is 0.364. The van der Waals surface area contributed by atoms with E-state index in [9.17, 15) is 9.18 Å². The molecule has 1 rings (SSSR count). The Morgan fingerprint density at radius 2 is 2.00 bits per heavy atom. The van der Waals surface area contributed by atoms with Gasteiger partial charge in [0.25, 0.3) is 0 Å². The molecule has 0 aliphatic carbocycles. The first-order valence-corrected chi connectivity index (χ1v) is 4.35. The molecule has 0 aliphatic rings. The molecular formula is C11H13FO2. The third-order valence-electron chi connectivity index (χ3n) is 2.41.